The summed E-state index contributed by atoms with van der Waals surface area (Å²) in [6, 6.07) is -0.0614. The topological polar surface area (TPSA) is 75.7 Å². The molecule has 0 aliphatic heterocycles. The smallest absolute Gasteiger partial charge is 0.156 e. The summed E-state index contributed by atoms with van der Waals surface area (Å²) in [5.41, 5.74) is 8.56. The zero-order valence-corrected chi connectivity index (χ0v) is 17.3. The van der Waals surface area contributed by atoms with Gasteiger partial charge in [0.05, 0.1) is 12.2 Å². The minimum atomic E-state index is -0.827. The largest absolute Gasteiger partial charge is 0.389 e. The van der Waals surface area contributed by atoms with E-state index >= 15 is 0 Å². The zero-order chi connectivity index (χ0) is 19.5. The summed E-state index contributed by atoms with van der Waals surface area (Å²) in [4.78, 5) is 0. The number of aliphatic hydroxyl groups excluding tert-OH is 2. The molecule has 4 heteroatoms. The first-order valence-corrected chi connectivity index (χ1v) is 10.5. The zero-order valence-electron chi connectivity index (χ0n) is 17.3. The maximum absolute atomic E-state index is 10.4. The Morgan fingerprint density at radius 3 is 2.58 bits per heavy atom. The first kappa shape index (κ1) is 23.4. The average Bonchev–Trinajstić information content (AvgIpc) is 2.60. The van der Waals surface area contributed by atoms with Crippen LogP contribution in [0.4, 0.5) is 0 Å². The lowest BCUT2D eigenvalue weighted by molar-refractivity contribution is -0.144. The van der Waals surface area contributed by atoms with Crippen LogP contribution in [0.25, 0.3) is 0 Å². The van der Waals surface area contributed by atoms with Crippen molar-refractivity contribution >= 4 is 0 Å². The second kappa shape index (κ2) is 12.7. The fraction of sp³-hybridized carbons (Fsp3) is 0.818. The molecule has 0 aromatic rings. The van der Waals surface area contributed by atoms with Crippen LogP contribution in [0.2, 0.25) is 0 Å². The van der Waals surface area contributed by atoms with E-state index in [9.17, 15) is 10.2 Å². The Kier molecular flexibility index (Phi) is 11.4. The van der Waals surface area contributed by atoms with E-state index in [0.29, 0.717) is 12.3 Å². The van der Waals surface area contributed by atoms with Crippen molar-refractivity contribution in [3.05, 3.63) is 23.3 Å². The molecule has 0 amide bonds. The van der Waals surface area contributed by atoms with Crippen molar-refractivity contribution in [2.75, 3.05) is 0 Å². The molecule has 4 N–H and O–H groups in total. The third-order valence-corrected chi connectivity index (χ3v) is 5.51. The molecule has 1 aliphatic rings. The molecule has 0 aromatic heterocycles. The molecule has 0 fully saturated rings. The van der Waals surface area contributed by atoms with Crippen molar-refractivity contribution in [3.63, 3.8) is 0 Å². The number of allylic oxidation sites excluding steroid dienone is 1. The lowest BCUT2D eigenvalue weighted by Gasteiger charge is -2.28. The normalized spacial score (nSPS) is 23.3. The summed E-state index contributed by atoms with van der Waals surface area (Å²) >= 11 is 0. The molecule has 26 heavy (non-hydrogen) atoms. The molecule has 0 heterocycles. The number of ether oxygens (including phenoxy) is 1. The number of unbranched alkanes of at least 4 members (excludes halogenated alkanes) is 1. The third kappa shape index (κ3) is 8.34. The minimum absolute atomic E-state index is 0.0284. The van der Waals surface area contributed by atoms with Gasteiger partial charge < -0.3 is 20.7 Å². The van der Waals surface area contributed by atoms with Gasteiger partial charge >= 0.3 is 0 Å². The van der Waals surface area contributed by atoms with Gasteiger partial charge in [0.2, 0.25) is 0 Å². The predicted molar refractivity (Wildman–Crippen MR) is 109 cm³/mol. The Balaban J connectivity index is 2.64. The summed E-state index contributed by atoms with van der Waals surface area (Å²) in [5.74, 6) is 0.347. The lowest BCUT2D eigenvalue weighted by atomic mass is 9.88. The summed E-state index contributed by atoms with van der Waals surface area (Å²) < 4.78 is 5.99. The van der Waals surface area contributed by atoms with Gasteiger partial charge in [-0.25, -0.2) is 0 Å². The van der Waals surface area contributed by atoms with Crippen LogP contribution in [0.5, 0.6) is 0 Å². The second-order valence-corrected chi connectivity index (χ2v) is 7.82. The van der Waals surface area contributed by atoms with Gasteiger partial charge in [-0.15, -0.1) is 0 Å². The molecule has 0 radical (unpaired) electrons. The number of nitrogens with two attached hydrogens (primary N) is 1. The number of rotatable bonds is 12. The fourth-order valence-corrected chi connectivity index (χ4v) is 3.96. The van der Waals surface area contributed by atoms with E-state index in [-0.39, 0.29) is 12.1 Å². The summed E-state index contributed by atoms with van der Waals surface area (Å²) in [6.07, 6.45) is 11.7. The van der Waals surface area contributed by atoms with E-state index in [1.165, 1.54) is 12.0 Å². The number of hydrogen-bond acceptors (Lipinski definition) is 4. The van der Waals surface area contributed by atoms with E-state index in [2.05, 4.69) is 32.9 Å². The quantitative estimate of drug-likeness (QED) is 0.352. The number of aliphatic hydroxyl groups is 2. The highest BCUT2D eigenvalue weighted by Crippen LogP contribution is 2.25. The fourth-order valence-electron chi connectivity index (χ4n) is 3.96. The number of hydrogen-bond donors (Lipinski definition) is 3. The minimum Gasteiger partial charge on any atom is -0.389 e. The van der Waals surface area contributed by atoms with Gasteiger partial charge in [-0.3, -0.25) is 0 Å². The molecule has 4 nitrogen and oxygen atoms in total. The lowest BCUT2D eigenvalue weighted by Crippen LogP contribution is -2.36. The standard InChI is InChI=1S/C22H41NO3/c1-5-7-13-19(14-16(3)20(6-2)17(4)24)26-22(25)15-21(23)18-11-9-8-10-12-18/h9,11,17-19,21-22,24-25H,5-8,10,12-15,23H2,1-4H3/b20-16+/t17-,18?,19?,21+,22?/m0/s1. The first-order chi connectivity index (χ1) is 12.4. The highest BCUT2D eigenvalue weighted by atomic mass is 16.6. The molecule has 0 saturated carbocycles. The van der Waals surface area contributed by atoms with E-state index in [1.54, 1.807) is 0 Å². The van der Waals surface area contributed by atoms with E-state index in [0.717, 1.165) is 50.5 Å². The van der Waals surface area contributed by atoms with Crippen molar-refractivity contribution in [2.24, 2.45) is 11.7 Å². The molecule has 0 spiro atoms. The Morgan fingerprint density at radius 1 is 1.31 bits per heavy atom. The van der Waals surface area contributed by atoms with Gasteiger partial charge in [0, 0.05) is 12.5 Å². The van der Waals surface area contributed by atoms with Crippen LogP contribution in [0, 0.1) is 5.92 Å². The van der Waals surface area contributed by atoms with Crippen LogP contribution in [-0.2, 0) is 4.74 Å². The molecule has 3 unspecified atom stereocenters. The van der Waals surface area contributed by atoms with Crippen molar-refractivity contribution < 1.29 is 14.9 Å². The summed E-state index contributed by atoms with van der Waals surface area (Å²) in [6.45, 7) is 8.11. The molecular weight excluding hydrogens is 326 g/mol. The van der Waals surface area contributed by atoms with Crippen molar-refractivity contribution in [1.29, 1.82) is 0 Å². The van der Waals surface area contributed by atoms with Crippen LogP contribution in [-0.4, -0.2) is 34.8 Å². The van der Waals surface area contributed by atoms with Crippen molar-refractivity contribution in [3.8, 4) is 0 Å². The Bertz CT molecular complexity index is 445. The van der Waals surface area contributed by atoms with Crippen LogP contribution in [0.15, 0.2) is 23.3 Å². The van der Waals surface area contributed by atoms with Gasteiger partial charge in [-0.1, -0.05) is 44.4 Å². The maximum atomic E-state index is 10.4. The molecular formula is C22H41NO3. The third-order valence-electron chi connectivity index (χ3n) is 5.51. The molecule has 1 aliphatic carbocycles. The van der Waals surface area contributed by atoms with E-state index in [4.69, 9.17) is 10.5 Å². The van der Waals surface area contributed by atoms with Gasteiger partial charge in [-0.2, -0.15) is 0 Å². The highest BCUT2D eigenvalue weighted by Gasteiger charge is 2.23. The molecule has 1 rings (SSSR count). The summed E-state index contributed by atoms with van der Waals surface area (Å²) in [7, 11) is 0. The van der Waals surface area contributed by atoms with E-state index < -0.39 is 12.4 Å². The van der Waals surface area contributed by atoms with Gasteiger partial charge in [0.1, 0.15) is 0 Å². The SMILES string of the molecule is CCCCC(C/C(C)=C(\CC)[C@H](C)O)OC(O)C[C@@H](N)C1C=CCCC1. The average molecular weight is 368 g/mol. The first-order valence-electron chi connectivity index (χ1n) is 10.5. The molecule has 0 saturated heterocycles. The molecule has 0 bridgehead atoms. The maximum Gasteiger partial charge on any atom is 0.156 e. The highest BCUT2D eigenvalue weighted by molar-refractivity contribution is 5.16. The van der Waals surface area contributed by atoms with Crippen molar-refractivity contribution in [1.82, 2.24) is 0 Å². The molecule has 152 valence electrons. The van der Waals surface area contributed by atoms with Crippen molar-refractivity contribution in [2.45, 2.75) is 110 Å². The summed E-state index contributed by atoms with van der Waals surface area (Å²) in [5, 5.41) is 20.4. The van der Waals surface area contributed by atoms with Gasteiger partial charge in [0.15, 0.2) is 6.29 Å². The molecule has 0 aromatic carbocycles. The van der Waals surface area contributed by atoms with E-state index in [1.807, 2.05) is 6.92 Å². The molecule has 5 atom stereocenters. The van der Waals surface area contributed by atoms with Gasteiger partial charge in [0.25, 0.3) is 0 Å². The Morgan fingerprint density at radius 2 is 2.04 bits per heavy atom. The van der Waals surface area contributed by atoms with Crippen LogP contribution >= 0.6 is 0 Å². The van der Waals surface area contributed by atoms with Crippen LogP contribution < -0.4 is 5.73 Å². The predicted octanol–water partition coefficient (Wildman–Crippen LogP) is 4.45. The Labute approximate surface area is 160 Å². The monoisotopic (exact) mass is 367 g/mol. The Hall–Kier alpha value is -0.680. The van der Waals surface area contributed by atoms with Gasteiger partial charge in [-0.05, 0) is 63.9 Å². The second-order valence-electron chi connectivity index (χ2n) is 7.82. The van der Waals surface area contributed by atoms with Crippen LogP contribution in [0.3, 0.4) is 0 Å². The van der Waals surface area contributed by atoms with Crippen LogP contribution in [0.1, 0.15) is 85.5 Å².